The fourth-order valence-corrected chi connectivity index (χ4v) is 8.34. The molecule has 0 aliphatic carbocycles. The zero-order valence-electron chi connectivity index (χ0n) is 26.9. The number of thiophene rings is 1. The molecule has 1 spiro atoms. The summed E-state index contributed by atoms with van der Waals surface area (Å²) in [6.45, 7) is 5.54. The van der Waals surface area contributed by atoms with Crippen molar-refractivity contribution in [3.8, 4) is 20.9 Å². The second kappa shape index (κ2) is 12.4. The Hall–Kier alpha value is -5.13. The summed E-state index contributed by atoms with van der Waals surface area (Å²) in [5.74, 6) is -0.270. The van der Waals surface area contributed by atoms with Crippen molar-refractivity contribution in [1.29, 1.82) is 0 Å². The number of anilines is 3. The zero-order chi connectivity index (χ0) is 33.7. The fraction of sp³-hybridized carbons (Fsp3) is 0.263. The summed E-state index contributed by atoms with van der Waals surface area (Å²) in [5, 5.41) is 2.99. The van der Waals surface area contributed by atoms with Crippen molar-refractivity contribution < 1.29 is 18.7 Å². The number of nitrogens with zero attached hydrogens (tertiary/aromatic N) is 3. The average molecular weight is 676 g/mol. The van der Waals surface area contributed by atoms with Crippen LogP contribution in [0.25, 0.3) is 20.9 Å². The highest BCUT2D eigenvalue weighted by Crippen LogP contribution is 2.45. The minimum Gasteiger partial charge on any atom is -0.381 e. The molecule has 2 aromatic carbocycles. The standard InChI is InChI=1S/C38H34FN5O4S/c1-23-16-30(35(41-19-23)43-21-38(22-43)11-14-48-15-12-38)36(46)42-28-6-2-24(3-7-28)37(47)44-13-10-25-17-32(26-4-9-33(45)40-20-26)49-34(25)29-8-5-27(39)18-31(29)44/h2-9,16-20H,10-15,21-22H2,1H3,(H,40,45)(H,42,46). The van der Waals surface area contributed by atoms with Crippen molar-refractivity contribution in [2.45, 2.75) is 26.2 Å². The maximum absolute atomic E-state index is 14.7. The number of carbonyl (C=O) groups is 2. The minimum atomic E-state index is -0.429. The van der Waals surface area contributed by atoms with Gasteiger partial charge in [-0.25, -0.2) is 9.37 Å². The fourth-order valence-electron chi connectivity index (χ4n) is 7.10. The molecule has 0 bridgehead atoms. The summed E-state index contributed by atoms with van der Waals surface area (Å²) in [4.78, 5) is 52.2. The summed E-state index contributed by atoms with van der Waals surface area (Å²) < 4.78 is 20.2. The number of aromatic amines is 1. The molecular formula is C38H34FN5O4S. The first-order chi connectivity index (χ1) is 23.7. The van der Waals surface area contributed by atoms with Crippen LogP contribution < -0.4 is 20.7 Å². The Morgan fingerprint density at radius 1 is 1.02 bits per heavy atom. The number of pyridine rings is 2. The summed E-state index contributed by atoms with van der Waals surface area (Å²) in [6, 6.07) is 18.6. The van der Waals surface area contributed by atoms with E-state index in [2.05, 4.69) is 26.3 Å². The molecule has 248 valence electrons. The van der Waals surface area contributed by atoms with Gasteiger partial charge >= 0.3 is 0 Å². The number of nitrogens with one attached hydrogen (secondary N) is 2. The maximum Gasteiger partial charge on any atom is 0.259 e. The van der Waals surface area contributed by atoms with Gasteiger partial charge in [0.05, 0.1) is 11.3 Å². The molecule has 3 aliphatic rings. The molecular weight excluding hydrogens is 642 g/mol. The normalized spacial score (nSPS) is 16.4. The zero-order valence-corrected chi connectivity index (χ0v) is 27.7. The van der Waals surface area contributed by atoms with Crippen LogP contribution in [0.15, 0.2) is 83.9 Å². The lowest BCUT2D eigenvalue weighted by Gasteiger charge is -2.53. The number of carbonyl (C=O) groups excluding carboxylic acids is 2. The third-order valence-electron chi connectivity index (χ3n) is 9.77. The molecule has 3 aromatic heterocycles. The highest BCUT2D eigenvalue weighted by atomic mass is 32.1. The Kier molecular flexibility index (Phi) is 7.88. The van der Waals surface area contributed by atoms with Gasteiger partial charge in [0.2, 0.25) is 5.56 Å². The Morgan fingerprint density at radius 3 is 2.57 bits per heavy atom. The van der Waals surface area contributed by atoms with Gasteiger partial charge in [-0.3, -0.25) is 14.4 Å². The first-order valence-electron chi connectivity index (χ1n) is 16.4. The van der Waals surface area contributed by atoms with E-state index < -0.39 is 5.82 Å². The minimum absolute atomic E-state index is 0.171. The van der Waals surface area contributed by atoms with E-state index in [-0.39, 0.29) is 22.8 Å². The summed E-state index contributed by atoms with van der Waals surface area (Å²) in [7, 11) is 0. The van der Waals surface area contributed by atoms with Crippen LogP contribution >= 0.6 is 11.3 Å². The third kappa shape index (κ3) is 5.93. The molecule has 2 fully saturated rings. The van der Waals surface area contributed by atoms with Crippen LogP contribution in [0.1, 0.15) is 44.7 Å². The highest BCUT2D eigenvalue weighted by molar-refractivity contribution is 7.19. The number of H-pyrrole nitrogens is 1. The molecule has 8 rings (SSSR count). The van der Waals surface area contributed by atoms with Gasteiger partial charge in [0.25, 0.3) is 11.8 Å². The van der Waals surface area contributed by atoms with E-state index in [1.54, 1.807) is 65.0 Å². The van der Waals surface area contributed by atoms with Gasteiger partial charge in [-0.2, -0.15) is 0 Å². The van der Waals surface area contributed by atoms with Gasteiger partial charge in [0.1, 0.15) is 11.6 Å². The van der Waals surface area contributed by atoms with Crippen molar-refractivity contribution in [1.82, 2.24) is 9.97 Å². The van der Waals surface area contributed by atoms with Crippen LogP contribution in [0.3, 0.4) is 0 Å². The van der Waals surface area contributed by atoms with Crippen molar-refractivity contribution in [2.24, 2.45) is 5.41 Å². The van der Waals surface area contributed by atoms with Crippen LogP contribution in [0.2, 0.25) is 0 Å². The lowest BCUT2D eigenvalue weighted by Crippen LogP contribution is -2.59. The van der Waals surface area contributed by atoms with Gasteiger partial charge in [-0.15, -0.1) is 11.3 Å². The SMILES string of the molecule is Cc1cnc(N2CC3(CCOCC3)C2)c(C(=O)Nc2ccc(C(=O)N3CCc4cc(-c5ccc(=O)[nH]c5)sc4-c4ccc(F)cc43)cc2)c1. The van der Waals surface area contributed by atoms with E-state index in [1.807, 2.05) is 13.0 Å². The number of rotatable bonds is 5. The van der Waals surface area contributed by atoms with Crippen molar-refractivity contribution >= 4 is 40.3 Å². The first-order valence-corrected chi connectivity index (χ1v) is 17.2. The van der Waals surface area contributed by atoms with Gasteiger partial charge in [-0.1, -0.05) is 0 Å². The molecule has 0 radical (unpaired) electrons. The number of amides is 2. The lowest BCUT2D eigenvalue weighted by atomic mass is 9.73. The van der Waals surface area contributed by atoms with E-state index >= 15 is 0 Å². The molecule has 0 saturated carbocycles. The first kappa shape index (κ1) is 31.2. The highest BCUT2D eigenvalue weighted by Gasteiger charge is 2.45. The molecule has 5 aromatic rings. The molecule has 0 atom stereocenters. The number of aryl methyl sites for hydroxylation is 1. The molecule has 3 aliphatic heterocycles. The van der Waals surface area contributed by atoms with E-state index in [1.165, 1.54) is 18.2 Å². The summed E-state index contributed by atoms with van der Waals surface area (Å²) in [5.41, 5.74) is 5.68. The monoisotopic (exact) mass is 675 g/mol. The molecule has 0 unspecified atom stereocenters. The number of hydrogen-bond acceptors (Lipinski definition) is 7. The molecule has 2 N–H and O–H groups in total. The molecule has 9 nitrogen and oxygen atoms in total. The Balaban J connectivity index is 1.01. The topological polar surface area (TPSA) is 108 Å². The molecule has 49 heavy (non-hydrogen) atoms. The van der Waals surface area contributed by atoms with E-state index in [9.17, 15) is 18.8 Å². The number of hydrogen-bond donors (Lipinski definition) is 2. The van der Waals surface area contributed by atoms with Gasteiger partial charge in [-0.05, 0) is 98.0 Å². The number of fused-ring (bicyclic) bond motifs is 3. The summed E-state index contributed by atoms with van der Waals surface area (Å²) in [6.07, 6.45) is 6.09. The lowest BCUT2D eigenvalue weighted by molar-refractivity contribution is -0.000510. The maximum atomic E-state index is 14.7. The van der Waals surface area contributed by atoms with Gasteiger partial charge in [0, 0.05) is 88.9 Å². The van der Waals surface area contributed by atoms with Crippen LogP contribution in [0, 0.1) is 18.2 Å². The van der Waals surface area contributed by atoms with E-state index in [4.69, 9.17) is 4.74 Å². The molecule has 6 heterocycles. The Morgan fingerprint density at radius 2 is 1.82 bits per heavy atom. The molecule has 11 heteroatoms. The van der Waals surface area contributed by atoms with Gasteiger partial charge in [0.15, 0.2) is 0 Å². The van der Waals surface area contributed by atoms with Crippen molar-refractivity contribution in [3.05, 3.63) is 118 Å². The van der Waals surface area contributed by atoms with Crippen LogP contribution in [-0.2, 0) is 11.2 Å². The second-order valence-electron chi connectivity index (χ2n) is 13.2. The smallest absolute Gasteiger partial charge is 0.259 e. The Bertz CT molecular complexity index is 2130. The number of benzene rings is 2. The summed E-state index contributed by atoms with van der Waals surface area (Å²) >= 11 is 1.55. The van der Waals surface area contributed by atoms with Crippen LogP contribution in [0.4, 0.5) is 21.6 Å². The van der Waals surface area contributed by atoms with Crippen LogP contribution in [0.5, 0.6) is 0 Å². The van der Waals surface area contributed by atoms with Crippen molar-refractivity contribution in [2.75, 3.05) is 48.0 Å². The van der Waals surface area contributed by atoms with Gasteiger partial charge < -0.3 is 24.8 Å². The molecule has 2 saturated heterocycles. The second-order valence-corrected chi connectivity index (χ2v) is 14.2. The number of ether oxygens (including phenoxy) is 1. The number of halogens is 1. The Labute approximate surface area is 286 Å². The number of aromatic nitrogens is 2. The quantitative estimate of drug-likeness (QED) is 0.215. The third-order valence-corrected chi connectivity index (χ3v) is 11.0. The average Bonchev–Trinajstić information content (AvgIpc) is 3.46. The van der Waals surface area contributed by atoms with E-state index in [0.29, 0.717) is 41.3 Å². The predicted octanol–water partition coefficient (Wildman–Crippen LogP) is 6.68. The molecule has 2 amide bonds. The van der Waals surface area contributed by atoms with Crippen molar-refractivity contribution in [3.63, 3.8) is 0 Å². The predicted molar refractivity (Wildman–Crippen MR) is 189 cm³/mol. The van der Waals surface area contributed by atoms with Crippen LogP contribution in [-0.4, -0.2) is 54.6 Å². The van der Waals surface area contributed by atoms with E-state index in [0.717, 1.165) is 71.2 Å². The largest absolute Gasteiger partial charge is 0.381 e.